The van der Waals surface area contributed by atoms with Crippen LogP contribution in [-0.2, 0) is 5.41 Å². The van der Waals surface area contributed by atoms with E-state index in [0.717, 1.165) is 0 Å². The Balaban J connectivity index is 2.44. The highest BCUT2D eigenvalue weighted by atomic mass is 32.2. The molecule has 146 valence electrons. The van der Waals surface area contributed by atoms with Crippen LogP contribution in [0.1, 0.15) is 42.3 Å². The molecule has 0 heterocycles. The van der Waals surface area contributed by atoms with Crippen LogP contribution in [0.15, 0.2) is 40.1 Å². The lowest BCUT2D eigenvalue weighted by Crippen LogP contribution is -2.16. The van der Waals surface area contributed by atoms with Gasteiger partial charge in [0.05, 0.1) is 0 Å². The van der Waals surface area contributed by atoms with Gasteiger partial charge in [-0.05, 0) is 48.2 Å². The number of aromatic carboxylic acids is 1. The average molecular weight is 400 g/mol. The minimum Gasteiger partial charge on any atom is -0.507 e. The third-order valence-corrected chi connectivity index (χ3v) is 4.97. The zero-order valence-corrected chi connectivity index (χ0v) is 16.0. The van der Waals surface area contributed by atoms with Crippen molar-refractivity contribution in [2.45, 2.75) is 49.3 Å². The summed E-state index contributed by atoms with van der Waals surface area (Å²) in [5.41, 5.74) is 0.183. The van der Waals surface area contributed by atoms with Gasteiger partial charge in [-0.3, -0.25) is 0 Å². The molecule has 0 aliphatic carbocycles. The smallest absolute Gasteiger partial charge is 0.507 e. The number of alkyl halides is 3. The summed E-state index contributed by atoms with van der Waals surface area (Å²) in [6.45, 7) is 7.13. The van der Waals surface area contributed by atoms with E-state index in [2.05, 4.69) is 4.74 Å². The number of carbonyl (C=O) groups is 1. The molecule has 8 heteroatoms. The third-order valence-electron chi connectivity index (χ3n) is 3.82. The maximum absolute atomic E-state index is 12.2. The Morgan fingerprint density at radius 1 is 1.11 bits per heavy atom. The van der Waals surface area contributed by atoms with Crippen LogP contribution in [0.25, 0.3) is 0 Å². The number of carboxylic acid groups (broad SMARTS) is 1. The van der Waals surface area contributed by atoms with Gasteiger partial charge in [0, 0.05) is 15.4 Å². The third kappa shape index (κ3) is 5.09. The van der Waals surface area contributed by atoms with E-state index in [-0.39, 0.29) is 17.1 Å². The number of aromatic hydroxyl groups is 1. The lowest BCUT2D eigenvalue weighted by Gasteiger charge is -2.24. The van der Waals surface area contributed by atoms with Crippen LogP contribution in [0.5, 0.6) is 11.5 Å². The van der Waals surface area contributed by atoms with Gasteiger partial charge in [-0.2, -0.15) is 0 Å². The molecular weight excluding hydrogens is 381 g/mol. The van der Waals surface area contributed by atoms with Crippen molar-refractivity contribution >= 4 is 17.7 Å². The zero-order valence-electron chi connectivity index (χ0n) is 15.1. The summed E-state index contributed by atoms with van der Waals surface area (Å²) in [5, 5.41) is 19.9. The Morgan fingerprint density at radius 3 is 2.11 bits per heavy atom. The van der Waals surface area contributed by atoms with E-state index in [1.165, 1.54) is 36.0 Å². The molecule has 0 saturated heterocycles. The highest BCUT2D eigenvalue weighted by Gasteiger charge is 2.31. The van der Waals surface area contributed by atoms with Crippen molar-refractivity contribution in [3.05, 3.63) is 47.0 Å². The largest absolute Gasteiger partial charge is 0.573 e. The van der Waals surface area contributed by atoms with Crippen LogP contribution in [0.4, 0.5) is 13.2 Å². The molecule has 0 atom stereocenters. The molecule has 0 aliphatic heterocycles. The predicted octanol–water partition coefficient (Wildman–Crippen LogP) is 5.75. The molecule has 0 radical (unpaired) electrons. The number of phenols is 1. The number of hydrogen-bond acceptors (Lipinski definition) is 4. The molecule has 0 spiro atoms. The summed E-state index contributed by atoms with van der Waals surface area (Å²) in [6, 6.07) is 7.00. The average Bonchev–Trinajstić information content (AvgIpc) is 2.49. The fourth-order valence-corrected chi connectivity index (χ4v) is 3.48. The van der Waals surface area contributed by atoms with Gasteiger partial charge in [-0.25, -0.2) is 4.79 Å². The van der Waals surface area contributed by atoms with Crippen LogP contribution in [-0.4, -0.2) is 22.5 Å². The standard InChI is InChI=1S/C19H19F3O4S/c1-10-14(9-13(18(2,3)4)16(23)15(10)17(24)25)27-12-7-5-11(6-8-12)26-19(20,21)22/h5-9,23H,1-4H3,(H,24,25). The van der Waals surface area contributed by atoms with E-state index >= 15 is 0 Å². The highest BCUT2D eigenvalue weighted by Crippen LogP contribution is 2.42. The van der Waals surface area contributed by atoms with E-state index in [4.69, 9.17) is 0 Å². The molecule has 2 rings (SSSR count). The van der Waals surface area contributed by atoms with E-state index in [1.807, 2.05) is 20.8 Å². The Kier molecular flexibility index (Phi) is 5.70. The fraction of sp³-hybridized carbons (Fsp3) is 0.316. The van der Waals surface area contributed by atoms with Crippen LogP contribution < -0.4 is 4.74 Å². The van der Waals surface area contributed by atoms with Crippen molar-refractivity contribution in [3.63, 3.8) is 0 Å². The normalized spacial score (nSPS) is 12.1. The number of rotatable bonds is 4. The van der Waals surface area contributed by atoms with Gasteiger partial charge in [0.1, 0.15) is 17.1 Å². The van der Waals surface area contributed by atoms with E-state index in [1.54, 1.807) is 13.0 Å². The topological polar surface area (TPSA) is 66.8 Å². The summed E-state index contributed by atoms with van der Waals surface area (Å²) in [7, 11) is 0. The molecule has 0 unspecified atom stereocenters. The van der Waals surface area contributed by atoms with Gasteiger partial charge in [0.15, 0.2) is 0 Å². The lowest BCUT2D eigenvalue weighted by atomic mass is 9.84. The first-order chi connectivity index (χ1) is 12.3. The van der Waals surface area contributed by atoms with Gasteiger partial charge >= 0.3 is 12.3 Å². The first-order valence-electron chi connectivity index (χ1n) is 7.93. The monoisotopic (exact) mass is 400 g/mol. The van der Waals surface area contributed by atoms with Crippen LogP contribution in [0, 0.1) is 6.92 Å². The number of halogens is 3. The van der Waals surface area contributed by atoms with Gasteiger partial charge in [0.25, 0.3) is 0 Å². The molecule has 0 saturated carbocycles. The van der Waals surface area contributed by atoms with Crippen molar-refractivity contribution in [1.82, 2.24) is 0 Å². The van der Waals surface area contributed by atoms with Crippen LogP contribution in [0.3, 0.4) is 0 Å². The summed E-state index contributed by atoms with van der Waals surface area (Å²) in [5.74, 6) is -1.85. The molecule has 0 aromatic heterocycles. The van der Waals surface area contributed by atoms with Gasteiger partial charge in [-0.1, -0.05) is 32.5 Å². The Bertz CT molecular complexity index is 853. The molecule has 0 fully saturated rings. The minimum absolute atomic E-state index is 0.179. The maximum Gasteiger partial charge on any atom is 0.573 e. The molecule has 2 aromatic rings. The van der Waals surface area contributed by atoms with Crippen molar-refractivity contribution in [1.29, 1.82) is 0 Å². The second kappa shape index (κ2) is 7.34. The van der Waals surface area contributed by atoms with Crippen molar-refractivity contribution in [2.75, 3.05) is 0 Å². The first-order valence-corrected chi connectivity index (χ1v) is 8.75. The Morgan fingerprint density at radius 2 is 1.67 bits per heavy atom. The van der Waals surface area contributed by atoms with Crippen molar-refractivity contribution in [2.24, 2.45) is 0 Å². The van der Waals surface area contributed by atoms with Gasteiger partial charge in [0.2, 0.25) is 0 Å². The summed E-state index contributed by atoms with van der Waals surface area (Å²) in [4.78, 5) is 12.8. The molecule has 27 heavy (non-hydrogen) atoms. The lowest BCUT2D eigenvalue weighted by molar-refractivity contribution is -0.274. The minimum atomic E-state index is -4.76. The zero-order chi connectivity index (χ0) is 20.6. The predicted molar refractivity (Wildman–Crippen MR) is 95.8 cm³/mol. The molecule has 4 nitrogen and oxygen atoms in total. The van der Waals surface area contributed by atoms with Crippen molar-refractivity contribution < 1.29 is 32.9 Å². The van der Waals surface area contributed by atoms with E-state index in [9.17, 15) is 28.2 Å². The molecule has 0 amide bonds. The Labute approximate surface area is 159 Å². The second-order valence-corrected chi connectivity index (χ2v) is 8.06. The SMILES string of the molecule is Cc1c(Sc2ccc(OC(F)(F)F)cc2)cc(C(C)(C)C)c(O)c1C(=O)O. The Hall–Kier alpha value is -2.35. The second-order valence-electron chi connectivity index (χ2n) is 6.95. The van der Waals surface area contributed by atoms with Gasteiger partial charge in [-0.15, -0.1) is 13.2 Å². The number of carboxylic acids is 1. The van der Waals surface area contributed by atoms with Crippen molar-refractivity contribution in [3.8, 4) is 11.5 Å². The van der Waals surface area contributed by atoms with Gasteiger partial charge < -0.3 is 14.9 Å². The van der Waals surface area contributed by atoms with E-state index < -0.39 is 17.7 Å². The highest BCUT2D eigenvalue weighted by molar-refractivity contribution is 7.99. The summed E-state index contributed by atoms with van der Waals surface area (Å²) in [6.07, 6.45) is -4.76. The number of benzene rings is 2. The number of hydrogen-bond donors (Lipinski definition) is 2. The molecular formula is C19H19F3O4S. The first kappa shape index (κ1) is 21.0. The van der Waals surface area contributed by atoms with Crippen LogP contribution in [0.2, 0.25) is 0 Å². The molecule has 0 bridgehead atoms. The molecule has 2 aromatic carbocycles. The quantitative estimate of drug-likeness (QED) is 0.684. The number of ether oxygens (including phenoxy) is 1. The maximum atomic E-state index is 12.2. The summed E-state index contributed by atoms with van der Waals surface area (Å²) >= 11 is 1.20. The fourth-order valence-electron chi connectivity index (χ4n) is 2.52. The summed E-state index contributed by atoms with van der Waals surface area (Å²) < 4.78 is 40.6. The molecule has 0 aliphatic rings. The van der Waals surface area contributed by atoms with E-state index in [0.29, 0.717) is 20.9 Å². The van der Waals surface area contributed by atoms with Crippen LogP contribution >= 0.6 is 11.8 Å². The molecule has 2 N–H and O–H groups in total.